The van der Waals surface area contributed by atoms with Gasteiger partial charge in [-0.1, -0.05) is 12.1 Å². The van der Waals surface area contributed by atoms with Gasteiger partial charge in [0.15, 0.2) is 0 Å². The van der Waals surface area contributed by atoms with Crippen LogP contribution in [-0.2, 0) is 11.3 Å². The molecule has 1 heterocycles. The van der Waals surface area contributed by atoms with Crippen molar-refractivity contribution in [3.8, 4) is 0 Å². The van der Waals surface area contributed by atoms with E-state index in [0.717, 1.165) is 31.5 Å². The Morgan fingerprint density at radius 3 is 2.67 bits per heavy atom. The SMILES string of the molecule is Cl.NC(=O)c1cccc(CNC(=O)CC2CCNCC2)c1. The number of carbonyl (C=O) groups is 2. The molecule has 1 saturated heterocycles. The molecule has 21 heavy (non-hydrogen) atoms. The first-order valence-electron chi connectivity index (χ1n) is 7.01. The zero-order valence-corrected chi connectivity index (χ0v) is 12.7. The van der Waals surface area contributed by atoms with Crippen molar-refractivity contribution in [2.75, 3.05) is 13.1 Å². The average molecular weight is 312 g/mol. The number of nitrogens with one attached hydrogen (secondary N) is 2. The highest BCUT2D eigenvalue weighted by atomic mass is 35.5. The second-order valence-corrected chi connectivity index (χ2v) is 5.24. The maximum atomic E-state index is 11.9. The minimum Gasteiger partial charge on any atom is -0.366 e. The predicted molar refractivity (Wildman–Crippen MR) is 84.3 cm³/mol. The van der Waals surface area contributed by atoms with E-state index in [2.05, 4.69) is 10.6 Å². The van der Waals surface area contributed by atoms with E-state index in [4.69, 9.17) is 5.73 Å². The number of amides is 2. The van der Waals surface area contributed by atoms with Crippen molar-refractivity contribution in [3.63, 3.8) is 0 Å². The Balaban J connectivity index is 0.00000220. The van der Waals surface area contributed by atoms with Gasteiger partial charge in [-0.2, -0.15) is 0 Å². The van der Waals surface area contributed by atoms with Gasteiger partial charge in [-0.25, -0.2) is 0 Å². The standard InChI is InChI=1S/C15H21N3O2.ClH/c16-15(20)13-3-1-2-12(8-13)10-18-14(19)9-11-4-6-17-7-5-11;/h1-3,8,11,17H,4-7,9-10H2,(H2,16,20)(H,18,19);1H. The molecule has 1 aliphatic rings. The van der Waals surface area contributed by atoms with Crippen molar-refractivity contribution in [2.24, 2.45) is 11.7 Å². The van der Waals surface area contributed by atoms with Crippen LogP contribution in [0.5, 0.6) is 0 Å². The summed E-state index contributed by atoms with van der Waals surface area (Å²) in [6.45, 7) is 2.43. The lowest BCUT2D eigenvalue weighted by molar-refractivity contribution is -0.122. The molecular weight excluding hydrogens is 290 g/mol. The van der Waals surface area contributed by atoms with E-state index in [1.807, 2.05) is 6.07 Å². The largest absolute Gasteiger partial charge is 0.366 e. The van der Waals surface area contributed by atoms with Crippen LogP contribution in [0.1, 0.15) is 35.2 Å². The molecule has 1 aromatic rings. The lowest BCUT2D eigenvalue weighted by atomic mass is 9.94. The number of piperidine rings is 1. The molecular formula is C15H22ClN3O2. The van der Waals surface area contributed by atoms with Gasteiger partial charge in [-0.15, -0.1) is 12.4 Å². The molecule has 2 amide bonds. The molecule has 0 radical (unpaired) electrons. The minimum atomic E-state index is -0.451. The highest BCUT2D eigenvalue weighted by molar-refractivity contribution is 5.92. The molecule has 6 heteroatoms. The second kappa shape index (κ2) is 8.64. The number of halogens is 1. The topological polar surface area (TPSA) is 84.2 Å². The third-order valence-electron chi connectivity index (χ3n) is 3.63. The van der Waals surface area contributed by atoms with E-state index in [1.54, 1.807) is 18.2 Å². The van der Waals surface area contributed by atoms with Gasteiger partial charge >= 0.3 is 0 Å². The smallest absolute Gasteiger partial charge is 0.248 e. The maximum absolute atomic E-state index is 11.9. The summed E-state index contributed by atoms with van der Waals surface area (Å²) in [5.41, 5.74) is 6.59. The monoisotopic (exact) mass is 311 g/mol. The van der Waals surface area contributed by atoms with Gasteiger partial charge in [-0.05, 0) is 49.5 Å². The molecule has 0 unspecified atom stereocenters. The number of benzene rings is 1. The summed E-state index contributed by atoms with van der Waals surface area (Å²) in [7, 11) is 0. The van der Waals surface area contributed by atoms with Crippen molar-refractivity contribution in [3.05, 3.63) is 35.4 Å². The first-order chi connectivity index (χ1) is 9.65. The molecule has 4 N–H and O–H groups in total. The van der Waals surface area contributed by atoms with Crippen LogP contribution < -0.4 is 16.4 Å². The Labute approximate surface area is 131 Å². The summed E-state index contributed by atoms with van der Waals surface area (Å²) < 4.78 is 0. The van der Waals surface area contributed by atoms with Crippen molar-refractivity contribution >= 4 is 24.2 Å². The molecule has 0 aliphatic carbocycles. The van der Waals surface area contributed by atoms with Crippen LogP contribution >= 0.6 is 12.4 Å². The third kappa shape index (κ3) is 5.73. The first-order valence-corrected chi connectivity index (χ1v) is 7.01. The minimum absolute atomic E-state index is 0. The number of hydrogen-bond donors (Lipinski definition) is 3. The van der Waals surface area contributed by atoms with Gasteiger partial charge in [0.25, 0.3) is 0 Å². The first kappa shape index (κ1) is 17.5. The molecule has 1 fully saturated rings. The van der Waals surface area contributed by atoms with E-state index in [0.29, 0.717) is 24.4 Å². The maximum Gasteiger partial charge on any atom is 0.248 e. The van der Waals surface area contributed by atoms with E-state index < -0.39 is 5.91 Å². The fourth-order valence-corrected chi connectivity index (χ4v) is 2.46. The van der Waals surface area contributed by atoms with Crippen molar-refractivity contribution in [1.82, 2.24) is 10.6 Å². The lowest BCUT2D eigenvalue weighted by Crippen LogP contribution is -2.32. The van der Waals surface area contributed by atoms with E-state index in [1.165, 1.54) is 0 Å². The Kier molecular flexibility index (Phi) is 7.19. The summed E-state index contributed by atoms with van der Waals surface area (Å²) in [6, 6.07) is 7.03. The van der Waals surface area contributed by atoms with Gasteiger partial charge in [0, 0.05) is 18.5 Å². The quantitative estimate of drug-likeness (QED) is 0.764. The molecule has 5 nitrogen and oxygen atoms in total. The van der Waals surface area contributed by atoms with Crippen molar-refractivity contribution < 1.29 is 9.59 Å². The summed E-state index contributed by atoms with van der Waals surface area (Å²) in [4.78, 5) is 23.0. The van der Waals surface area contributed by atoms with Gasteiger partial charge in [0.05, 0.1) is 0 Å². The van der Waals surface area contributed by atoms with Crippen LogP contribution in [0.3, 0.4) is 0 Å². The fourth-order valence-electron chi connectivity index (χ4n) is 2.46. The van der Waals surface area contributed by atoms with Gasteiger partial charge in [0.2, 0.25) is 11.8 Å². The normalized spacial score (nSPS) is 15.0. The number of primary amides is 1. The van der Waals surface area contributed by atoms with Crippen LogP contribution in [0.2, 0.25) is 0 Å². The molecule has 0 bridgehead atoms. The zero-order chi connectivity index (χ0) is 14.4. The molecule has 116 valence electrons. The van der Waals surface area contributed by atoms with Crippen LogP contribution in [0.25, 0.3) is 0 Å². The van der Waals surface area contributed by atoms with E-state index in [-0.39, 0.29) is 18.3 Å². The molecule has 0 atom stereocenters. The van der Waals surface area contributed by atoms with Crippen LogP contribution in [0.15, 0.2) is 24.3 Å². The molecule has 0 saturated carbocycles. The molecule has 1 aromatic carbocycles. The van der Waals surface area contributed by atoms with Crippen molar-refractivity contribution in [1.29, 1.82) is 0 Å². The van der Waals surface area contributed by atoms with Gasteiger partial charge in [0.1, 0.15) is 0 Å². The lowest BCUT2D eigenvalue weighted by Gasteiger charge is -2.21. The third-order valence-corrected chi connectivity index (χ3v) is 3.63. The molecule has 1 aliphatic heterocycles. The highest BCUT2D eigenvalue weighted by Gasteiger charge is 2.16. The van der Waals surface area contributed by atoms with Gasteiger partial charge in [-0.3, -0.25) is 9.59 Å². The molecule has 0 spiro atoms. The Bertz CT molecular complexity index is 488. The summed E-state index contributed by atoms with van der Waals surface area (Å²) in [6.07, 6.45) is 2.70. The fraction of sp³-hybridized carbons (Fsp3) is 0.467. The Morgan fingerprint density at radius 1 is 1.29 bits per heavy atom. The van der Waals surface area contributed by atoms with Gasteiger partial charge < -0.3 is 16.4 Å². The van der Waals surface area contributed by atoms with Crippen LogP contribution in [0.4, 0.5) is 0 Å². The Hall–Kier alpha value is -1.59. The van der Waals surface area contributed by atoms with E-state index in [9.17, 15) is 9.59 Å². The average Bonchev–Trinajstić information content (AvgIpc) is 2.46. The van der Waals surface area contributed by atoms with Crippen molar-refractivity contribution in [2.45, 2.75) is 25.8 Å². The zero-order valence-electron chi connectivity index (χ0n) is 11.9. The number of hydrogen-bond acceptors (Lipinski definition) is 3. The molecule has 0 aromatic heterocycles. The van der Waals surface area contributed by atoms with Crippen LogP contribution in [0, 0.1) is 5.92 Å². The number of carbonyl (C=O) groups excluding carboxylic acids is 2. The van der Waals surface area contributed by atoms with E-state index >= 15 is 0 Å². The Morgan fingerprint density at radius 2 is 2.00 bits per heavy atom. The number of rotatable bonds is 5. The summed E-state index contributed by atoms with van der Waals surface area (Å²) >= 11 is 0. The predicted octanol–water partition coefficient (Wildman–Crippen LogP) is 1.21. The molecule has 2 rings (SSSR count). The highest BCUT2D eigenvalue weighted by Crippen LogP contribution is 2.15. The summed E-state index contributed by atoms with van der Waals surface area (Å²) in [5, 5.41) is 6.19. The number of nitrogens with two attached hydrogens (primary N) is 1. The van der Waals surface area contributed by atoms with Crippen LogP contribution in [-0.4, -0.2) is 24.9 Å². The summed E-state index contributed by atoms with van der Waals surface area (Å²) in [5.74, 6) is 0.0995. The second-order valence-electron chi connectivity index (χ2n) is 5.24.